The Labute approximate surface area is 203 Å². The van der Waals surface area contributed by atoms with Crippen molar-refractivity contribution >= 4 is 17.3 Å². The minimum absolute atomic E-state index is 0.251. The fourth-order valence-corrected chi connectivity index (χ4v) is 4.86. The summed E-state index contributed by atoms with van der Waals surface area (Å²) < 4.78 is 0. The molecule has 1 unspecified atom stereocenters. The van der Waals surface area contributed by atoms with Crippen molar-refractivity contribution in [2.75, 3.05) is 51.2 Å². The van der Waals surface area contributed by atoms with Gasteiger partial charge in [-0.25, -0.2) is 0 Å². The molecule has 1 saturated heterocycles. The van der Waals surface area contributed by atoms with Crippen LogP contribution in [0.15, 0.2) is 72.8 Å². The maximum absolute atomic E-state index is 10.2. The SMILES string of the molecule is Cc1ccc(O)c(N(C)CCCN2CCN(C(c3ccccc3)c3ccc(Cl)cc3)CC2)c1. The molecule has 1 aliphatic rings. The van der Waals surface area contributed by atoms with E-state index in [1.54, 1.807) is 6.07 Å². The molecule has 0 aliphatic carbocycles. The predicted octanol–water partition coefficient (Wildman–Crippen LogP) is 5.59. The number of anilines is 1. The third-order valence-electron chi connectivity index (χ3n) is 6.58. The maximum atomic E-state index is 10.2. The second-order valence-electron chi connectivity index (χ2n) is 9.01. The molecule has 4 nitrogen and oxygen atoms in total. The zero-order valence-corrected chi connectivity index (χ0v) is 20.4. The van der Waals surface area contributed by atoms with E-state index in [9.17, 15) is 5.11 Å². The number of hydrogen-bond acceptors (Lipinski definition) is 4. The Morgan fingerprint density at radius 1 is 0.909 bits per heavy atom. The first-order valence-electron chi connectivity index (χ1n) is 11.8. The van der Waals surface area contributed by atoms with E-state index in [0.29, 0.717) is 5.75 Å². The van der Waals surface area contributed by atoms with E-state index in [2.05, 4.69) is 77.2 Å². The van der Waals surface area contributed by atoms with Crippen molar-refractivity contribution in [1.29, 1.82) is 0 Å². The van der Waals surface area contributed by atoms with Crippen molar-refractivity contribution in [3.8, 4) is 5.75 Å². The van der Waals surface area contributed by atoms with Crippen LogP contribution in [-0.4, -0.2) is 61.2 Å². The summed E-state index contributed by atoms with van der Waals surface area (Å²) in [5, 5.41) is 10.9. The van der Waals surface area contributed by atoms with Crippen LogP contribution in [0, 0.1) is 6.92 Å². The molecule has 0 amide bonds. The van der Waals surface area contributed by atoms with Crippen LogP contribution < -0.4 is 4.90 Å². The minimum atomic E-state index is 0.251. The van der Waals surface area contributed by atoms with Gasteiger partial charge in [-0.2, -0.15) is 0 Å². The number of halogens is 1. The molecule has 0 saturated carbocycles. The third kappa shape index (κ3) is 6.08. The molecule has 174 valence electrons. The smallest absolute Gasteiger partial charge is 0.138 e. The zero-order chi connectivity index (χ0) is 23.2. The van der Waals surface area contributed by atoms with E-state index < -0.39 is 0 Å². The van der Waals surface area contributed by atoms with Gasteiger partial charge in [-0.05, 0) is 60.8 Å². The van der Waals surface area contributed by atoms with Gasteiger partial charge in [0.15, 0.2) is 0 Å². The topological polar surface area (TPSA) is 30.0 Å². The largest absolute Gasteiger partial charge is 0.506 e. The molecule has 33 heavy (non-hydrogen) atoms. The highest BCUT2D eigenvalue weighted by atomic mass is 35.5. The lowest BCUT2D eigenvalue weighted by atomic mass is 9.96. The fraction of sp³-hybridized carbons (Fsp3) is 0.357. The Balaban J connectivity index is 1.33. The summed E-state index contributed by atoms with van der Waals surface area (Å²) in [6.07, 6.45) is 1.07. The summed E-state index contributed by atoms with van der Waals surface area (Å²) in [4.78, 5) is 7.31. The molecule has 0 bridgehead atoms. The Bertz CT molecular complexity index is 1020. The Morgan fingerprint density at radius 2 is 1.58 bits per heavy atom. The van der Waals surface area contributed by atoms with Crippen molar-refractivity contribution in [1.82, 2.24) is 9.80 Å². The Hall–Kier alpha value is -2.53. The number of nitrogens with zero attached hydrogens (tertiary/aromatic N) is 3. The summed E-state index contributed by atoms with van der Waals surface area (Å²) in [7, 11) is 2.06. The van der Waals surface area contributed by atoms with Crippen molar-refractivity contribution < 1.29 is 5.11 Å². The van der Waals surface area contributed by atoms with Crippen molar-refractivity contribution in [2.24, 2.45) is 0 Å². The highest BCUT2D eigenvalue weighted by Crippen LogP contribution is 2.31. The average molecular weight is 464 g/mol. The van der Waals surface area contributed by atoms with E-state index in [1.807, 2.05) is 18.2 Å². The summed E-state index contributed by atoms with van der Waals surface area (Å²) in [5.74, 6) is 0.353. The minimum Gasteiger partial charge on any atom is -0.506 e. The van der Waals surface area contributed by atoms with Gasteiger partial charge in [-0.1, -0.05) is 60.1 Å². The first kappa shape index (κ1) is 23.6. The number of phenolic OH excluding ortho intramolecular Hbond substituents is 1. The van der Waals surface area contributed by atoms with Gasteiger partial charge in [-0.3, -0.25) is 4.90 Å². The normalized spacial score (nSPS) is 16.0. The number of rotatable bonds is 8. The lowest BCUT2D eigenvalue weighted by Gasteiger charge is -2.40. The van der Waals surface area contributed by atoms with Gasteiger partial charge in [0, 0.05) is 44.8 Å². The van der Waals surface area contributed by atoms with E-state index >= 15 is 0 Å². The maximum Gasteiger partial charge on any atom is 0.138 e. The molecule has 3 aromatic rings. The Kier molecular flexibility index (Phi) is 7.92. The molecule has 3 aromatic carbocycles. The number of hydrogen-bond donors (Lipinski definition) is 1. The number of piperazine rings is 1. The lowest BCUT2D eigenvalue weighted by molar-refractivity contribution is 0.109. The van der Waals surface area contributed by atoms with Crippen molar-refractivity contribution in [3.05, 3.63) is 94.5 Å². The summed E-state index contributed by atoms with van der Waals surface area (Å²) >= 11 is 6.16. The number of benzene rings is 3. The van der Waals surface area contributed by atoms with Crippen LogP contribution in [0.3, 0.4) is 0 Å². The second kappa shape index (κ2) is 11.1. The lowest BCUT2D eigenvalue weighted by Crippen LogP contribution is -2.48. The second-order valence-corrected chi connectivity index (χ2v) is 9.45. The molecule has 0 radical (unpaired) electrons. The third-order valence-corrected chi connectivity index (χ3v) is 6.84. The highest BCUT2D eigenvalue weighted by Gasteiger charge is 2.26. The van der Waals surface area contributed by atoms with E-state index in [4.69, 9.17) is 11.6 Å². The monoisotopic (exact) mass is 463 g/mol. The molecule has 1 aliphatic heterocycles. The Morgan fingerprint density at radius 3 is 2.27 bits per heavy atom. The van der Waals surface area contributed by atoms with Gasteiger partial charge >= 0.3 is 0 Å². The first-order valence-corrected chi connectivity index (χ1v) is 12.2. The van der Waals surface area contributed by atoms with Crippen LogP contribution >= 0.6 is 11.6 Å². The summed E-state index contributed by atoms with van der Waals surface area (Å²) in [6, 6.07) is 25.1. The molecule has 4 rings (SSSR count). The van der Waals surface area contributed by atoms with E-state index in [1.165, 1.54) is 16.7 Å². The highest BCUT2D eigenvalue weighted by molar-refractivity contribution is 6.30. The zero-order valence-electron chi connectivity index (χ0n) is 19.6. The number of phenols is 1. The number of aromatic hydroxyl groups is 1. The quantitative estimate of drug-likeness (QED) is 0.471. The standard InChI is InChI=1S/C28H34ClN3O/c1-22-9-14-27(33)26(21-22)30(2)15-6-16-31-17-19-32(20-18-31)28(23-7-4-3-5-8-23)24-10-12-25(29)13-11-24/h3-5,7-14,21,28,33H,6,15-20H2,1-2H3. The molecule has 5 heteroatoms. The molecular weight excluding hydrogens is 430 g/mol. The molecule has 1 atom stereocenters. The van der Waals surface area contributed by atoms with Crippen molar-refractivity contribution in [3.63, 3.8) is 0 Å². The molecule has 1 N–H and O–H groups in total. The fourth-order valence-electron chi connectivity index (χ4n) is 4.73. The molecule has 0 aromatic heterocycles. The van der Waals surface area contributed by atoms with Crippen LogP contribution in [-0.2, 0) is 0 Å². The molecule has 0 spiro atoms. The van der Waals surface area contributed by atoms with Gasteiger partial charge < -0.3 is 14.9 Å². The predicted molar refractivity (Wildman–Crippen MR) is 138 cm³/mol. The number of aryl methyl sites for hydroxylation is 1. The van der Waals surface area contributed by atoms with E-state index in [-0.39, 0.29) is 6.04 Å². The van der Waals surface area contributed by atoms with E-state index in [0.717, 1.165) is 56.4 Å². The van der Waals surface area contributed by atoms with Crippen LogP contribution in [0.1, 0.15) is 29.2 Å². The molecular formula is C28H34ClN3O. The van der Waals surface area contributed by atoms with Gasteiger partial charge in [0.05, 0.1) is 11.7 Å². The van der Waals surface area contributed by atoms with Crippen LogP contribution in [0.25, 0.3) is 0 Å². The summed E-state index contributed by atoms with van der Waals surface area (Å²) in [6.45, 7) is 8.26. The van der Waals surface area contributed by atoms with Crippen molar-refractivity contribution in [2.45, 2.75) is 19.4 Å². The van der Waals surface area contributed by atoms with Gasteiger partial charge in [0.25, 0.3) is 0 Å². The molecule has 1 fully saturated rings. The first-order chi connectivity index (χ1) is 16.0. The van der Waals surface area contributed by atoms with Gasteiger partial charge in [-0.15, -0.1) is 0 Å². The van der Waals surface area contributed by atoms with Gasteiger partial charge in [0.2, 0.25) is 0 Å². The van der Waals surface area contributed by atoms with Crippen LogP contribution in [0.4, 0.5) is 5.69 Å². The van der Waals surface area contributed by atoms with Gasteiger partial charge in [0.1, 0.15) is 5.75 Å². The van der Waals surface area contributed by atoms with Crippen LogP contribution in [0.2, 0.25) is 5.02 Å². The average Bonchev–Trinajstić information content (AvgIpc) is 2.83. The molecule has 1 heterocycles. The van der Waals surface area contributed by atoms with Crippen LogP contribution in [0.5, 0.6) is 5.75 Å². The summed E-state index contributed by atoms with van der Waals surface area (Å²) in [5.41, 5.74) is 4.69.